The van der Waals surface area contributed by atoms with Gasteiger partial charge in [-0.05, 0) is 11.6 Å². The smallest absolute Gasteiger partial charge is 0.358 e. The summed E-state index contributed by atoms with van der Waals surface area (Å²) in [4.78, 5) is 15.1. The predicted octanol–water partition coefficient (Wildman–Crippen LogP) is 2.30. The van der Waals surface area contributed by atoms with Crippen LogP contribution in [0, 0.1) is 0 Å². The molecule has 1 aromatic heterocycles. The van der Waals surface area contributed by atoms with Crippen molar-refractivity contribution in [1.29, 1.82) is 0 Å². The average molecular weight is 228 g/mol. The molecule has 0 aliphatic heterocycles. The minimum absolute atomic E-state index is 0.296. The lowest BCUT2D eigenvalue weighted by atomic mass is 10.2. The van der Waals surface area contributed by atoms with Crippen LogP contribution in [0.2, 0.25) is 0 Å². The summed E-state index contributed by atoms with van der Waals surface area (Å²) < 4.78 is 6.28. The monoisotopic (exact) mass is 228 g/mol. The molecule has 0 bridgehead atoms. The molecule has 0 fully saturated rings. The molecule has 0 unspecified atom stereocenters. The minimum Gasteiger partial charge on any atom is -0.464 e. The number of esters is 1. The molecule has 0 aliphatic carbocycles. The topological polar surface area (TPSA) is 44.1 Å². The van der Waals surface area contributed by atoms with E-state index in [1.807, 2.05) is 42.6 Å². The van der Waals surface area contributed by atoms with E-state index >= 15 is 0 Å². The summed E-state index contributed by atoms with van der Waals surface area (Å²) in [6.45, 7) is 0. The largest absolute Gasteiger partial charge is 0.464 e. The molecule has 0 N–H and O–H groups in total. The number of carbonyl (C=O) groups excluding carboxylic acids is 1. The summed E-state index contributed by atoms with van der Waals surface area (Å²) in [5.74, 6) is -0.433. The van der Waals surface area contributed by atoms with Crippen molar-refractivity contribution >= 4 is 18.2 Å². The molecule has 0 saturated heterocycles. The SMILES string of the molecule is COC(=O)c1cn(C=Cc2ccccc2)cn1. The summed E-state index contributed by atoms with van der Waals surface area (Å²) in [6.07, 6.45) is 6.94. The van der Waals surface area contributed by atoms with E-state index in [-0.39, 0.29) is 0 Å². The molecular weight excluding hydrogens is 216 g/mol. The molecule has 4 heteroatoms. The number of rotatable bonds is 3. The minimum atomic E-state index is -0.433. The first kappa shape index (κ1) is 11.1. The highest BCUT2D eigenvalue weighted by Crippen LogP contribution is 2.04. The molecule has 0 atom stereocenters. The molecule has 17 heavy (non-hydrogen) atoms. The van der Waals surface area contributed by atoms with Gasteiger partial charge in [0.15, 0.2) is 5.69 Å². The summed E-state index contributed by atoms with van der Waals surface area (Å²) in [5.41, 5.74) is 1.38. The Morgan fingerprint density at radius 1 is 1.35 bits per heavy atom. The van der Waals surface area contributed by atoms with Crippen LogP contribution in [-0.4, -0.2) is 22.6 Å². The number of carbonyl (C=O) groups is 1. The lowest BCUT2D eigenvalue weighted by Crippen LogP contribution is -2.00. The van der Waals surface area contributed by atoms with Crippen LogP contribution in [0.15, 0.2) is 42.9 Å². The fourth-order valence-electron chi connectivity index (χ4n) is 1.36. The molecule has 1 heterocycles. The highest BCUT2D eigenvalue weighted by molar-refractivity contribution is 5.87. The standard InChI is InChI=1S/C13H12N2O2/c1-17-13(16)12-9-15(10-14-12)8-7-11-5-3-2-4-6-11/h2-10H,1H3. The third-order valence-corrected chi connectivity index (χ3v) is 2.23. The fraction of sp³-hybridized carbons (Fsp3) is 0.0769. The van der Waals surface area contributed by atoms with E-state index in [4.69, 9.17) is 0 Å². The Balaban J connectivity index is 2.12. The predicted molar refractivity (Wildman–Crippen MR) is 65.2 cm³/mol. The van der Waals surface area contributed by atoms with Gasteiger partial charge in [0.1, 0.15) is 0 Å². The Morgan fingerprint density at radius 3 is 2.82 bits per heavy atom. The van der Waals surface area contributed by atoms with E-state index in [0.717, 1.165) is 5.56 Å². The Hall–Kier alpha value is -2.36. The van der Waals surface area contributed by atoms with E-state index in [9.17, 15) is 4.79 Å². The number of nitrogens with zero attached hydrogens (tertiary/aromatic N) is 2. The summed E-state index contributed by atoms with van der Waals surface area (Å²) in [6, 6.07) is 9.88. The molecule has 2 aromatic rings. The van der Waals surface area contributed by atoms with Crippen LogP contribution in [-0.2, 0) is 4.74 Å². The lowest BCUT2D eigenvalue weighted by Gasteiger charge is -1.93. The third kappa shape index (κ3) is 2.81. The van der Waals surface area contributed by atoms with Crippen molar-refractivity contribution in [3.05, 3.63) is 54.1 Å². The van der Waals surface area contributed by atoms with Gasteiger partial charge in [-0.15, -0.1) is 0 Å². The van der Waals surface area contributed by atoms with E-state index in [0.29, 0.717) is 5.69 Å². The average Bonchev–Trinajstić information content (AvgIpc) is 2.85. The van der Waals surface area contributed by atoms with Crippen molar-refractivity contribution in [2.45, 2.75) is 0 Å². The van der Waals surface area contributed by atoms with Gasteiger partial charge in [0.05, 0.1) is 13.4 Å². The maximum atomic E-state index is 11.2. The second-order valence-electron chi connectivity index (χ2n) is 3.42. The number of methoxy groups -OCH3 is 1. The van der Waals surface area contributed by atoms with Crippen LogP contribution < -0.4 is 0 Å². The van der Waals surface area contributed by atoms with Crippen LogP contribution in [0.5, 0.6) is 0 Å². The van der Waals surface area contributed by atoms with E-state index in [2.05, 4.69) is 9.72 Å². The highest BCUT2D eigenvalue weighted by Gasteiger charge is 2.07. The van der Waals surface area contributed by atoms with Crippen molar-refractivity contribution in [1.82, 2.24) is 9.55 Å². The van der Waals surface area contributed by atoms with E-state index < -0.39 is 5.97 Å². The van der Waals surface area contributed by atoms with E-state index in [1.165, 1.54) is 7.11 Å². The zero-order chi connectivity index (χ0) is 12.1. The highest BCUT2D eigenvalue weighted by atomic mass is 16.5. The first-order valence-electron chi connectivity index (χ1n) is 5.14. The van der Waals surface area contributed by atoms with Gasteiger partial charge in [-0.1, -0.05) is 30.3 Å². The summed E-state index contributed by atoms with van der Waals surface area (Å²) >= 11 is 0. The molecule has 0 amide bonds. The lowest BCUT2D eigenvalue weighted by molar-refractivity contribution is 0.0594. The second-order valence-corrected chi connectivity index (χ2v) is 3.42. The van der Waals surface area contributed by atoms with Crippen LogP contribution >= 0.6 is 0 Å². The summed E-state index contributed by atoms with van der Waals surface area (Å²) in [5, 5.41) is 0. The van der Waals surface area contributed by atoms with Crippen molar-refractivity contribution < 1.29 is 9.53 Å². The second kappa shape index (κ2) is 5.12. The molecule has 1 aromatic carbocycles. The quantitative estimate of drug-likeness (QED) is 0.757. The number of aromatic nitrogens is 2. The van der Waals surface area contributed by atoms with Gasteiger partial charge in [-0.3, -0.25) is 0 Å². The zero-order valence-electron chi connectivity index (χ0n) is 9.41. The van der Waals surface area contributed by atoms with Crippen LogP contribution in [0.1, 0.15) is 16.1 Å². The number of hydrogen-bond donors (Lipinski definition) is 0. The molecule has 0 saturated carbocycles. The van der Waals surface area contributed by atoms with Gasteiger partial charge in [0.25, 0.3) is 0 Å². The Morgan fingerprint density at radius 2 is 2.12 bits per heavy atom. The van der Waals surface area contributed by atoms with Crippen molar-refractivity contribution in [2.75, 3.05) is 7.11 Å². The fourth-order valence-corrected chi connectivity index (χ4v) is 1.36. The van der Waals surface area contributed by atoms with Gasteiger partial charge in [-0.25, -0.2) is 9.78 Å². The van der Waals surface area contributed by atoms with Crippen molar-refractivity contribution in [3.63, 3.8) is 0 Å². The molecule has 0 spiro atoms. The third-order valence-electron chi connectivity index (χ3n) is 2.23. The van der Waals surface area contributed by atoms with Gasteiger partial charge in [-0.2, -0.15) is 0 Å². The summed E-state index contributed by atoms with van der Waals surface area (Å²) in [7, 11) is 1.33. The van der Waals surface area contributed by atoms with E-state index in [1.54, 1.807) is 17.1 Å². The molecule has 2 rings (SSSR count). The molecule has 0 aliphatic rings. The number of benzene rings is 1. The van der Waals surface area contributed by atoms with Crippen LogP contribution in [0.3, 0.4) is 0 Å². The zero-order valence-corrected chi connectivity index (χ0v) is 9.41. The number of ether oxygens (including phenoxy) is 1. The number of imidazole rings is 1. The molecular formula is C13H12N2O2. The first-order chi connectivity index (χ1) is 8.29. The van der Waals surface area contributed by atoms with Gasteiger partial charge in [0.2, 0.25) is 0 Å². The van der Waals surface area contributed by atoms with Crippen LogP contribution in [0.4, 0.5) is 0 Å². The van der Waals surface area contributed by atoms with Crippen LogP contribution in [0.25, 0.3) is 12.3 Å². The Kier molecular flexibility index (Phi) is 3.35. The molecule has 86 valence electrons. The van der Waals surface area contributed by atoms with Gasteiger partial charge >= 0.3 is 5.97 Å². The maximum absolute atomic E-state index is 11.2. The van der Waals surface area contributed by atoms with Crippen molar-refractivity contribution in [3.8, 4) is 0 Å². The molecule has 0 radical (unpaired) electrons. The van der Waals surface area contributed by atoms with Gasteiger partial charge in [0, 0.05) is 12.4 Å². The number of hydrogen-bond acceptors (Lipinski definition) is 3. The Labute approximate surface area is 99.2 Å². The Bertz CT molecular complexity index is 529. The van der Waals surface area contributed by atoms with Crippen molar-refractivity contribution in [2.24, 2.45) is 0 Å². The van der Waals surface area contributed by atoms with Gasteiger partial charge < -0.3 is 9.30 Å². The normalized spacial score (nSPS) is 10.6. The molecule has 4 nitrogen and oxygen atoms in total. The first-order valence-corrected chi connectivity index (χ1v) is 5.14. The maximum Gasteiger partial charge on any atom is 0.358 e.